The number of aromatic nitrogens is 4. The molecule has 2 aliphatic heterocycles. The predicted octanol–water partition coefficient (Wildman–Crippen LogP) is 4.69. The number of benzene rings is 1. The van der Waals surface area contributed by atoms with E-state index in [1.807, 2.05) is 6.20 Å². The van der Waals surface area contributed by atoms with Crippen LogP contribution in [0, 0.1) is 5.92 Å². The van der Waals surface area contributed by atoms with E-state index >= 15 is 0 Å². The fraction of sp³-hybridized carbons (Fsp3) is 0.407. The van der Waals surface area contributed by atoms with Crippen LogP contribution in [0.15, 0.2) is 42.6 Å². The number of H-pyrrole nitrogens is 2. The number of fused-ring (bicyclic) bond motifs is 3. The Bertz CT molecular complexity index is 1230. The number of imidazole rings is 2. The van der Waals surface area contributed by atoms with Crippen molar-refractivity contribution < 1.29 is 0 Å². The monoisotopic (exact) mass is 438 g/mol. The second kappa shape index (κ2) is 7.82. The van der Waals surface area contributed by atoms with Crippen molar-refractivity contribution in [2.24, 2.45) is 5.92 Å². The van der Waals surface area contributed by atoms with Crippen LogP contribution in [0.5, 0.6) is 0 Å². The summed E-state index contributed by atoms with van der Waals surface area (Å²) < 4.78 is 0. The number of hydrogen-bond acceptors (Lipinski definition) is 4. The van der Waals surface area contributed by atoms with Gasteiger partial charge in [0.05, 0.1) is 29.7 Å². The summed E-state index contributed by atoms with van der Waals surface area (Å²) >= 11 is 0. The number of nitrogens with zero attached hydrogens (tertiary/aromatic N) is 2. The molecular weight excluding hydrogens is 408 g/mol. The highest BCUT2D eigenvalue weighted by Gasteiger charge is 2.33. The predicted molar refractivity (Wildman–Crippen MR) is 130 cm³/mol. The third kappa shape index (κ3) is 3.31. The Balaban J connectivity index is 1.10. The minimum atomic E-state index is 0.370. The van der Waals surface area contributed by atoms with Crippen molar-refractivity contribution >= 4 is 11.1 Å². The summed E-state index contributed by atoms with van der Waals surface area (Å²) in [5.74, 6) is 2.63. The second-order valence-corrected chi connectivity index (χ2v) is 9.84. The van der Waals surface area contributed by atoms with Crippen LogP contribution in [0.1, 0.15) is 72.8 Å². The van der Waals surface area contributed by atoms with E-state index in [0.29, 0.717) is 18.0 Å². The molecule has 6 nitrogen and oxygen atoms in total. The van der Waals surface area contributed by atoms with Gasteiger partial charge in [-0.3, -0.25) is 0 Å². The van der Waals surface area contributed by atoms with Crippen LogP contribution in [0.25, 0.3) is 22.4 Å². The zero-order valence-corrected chi connectivity index (χ0v) is 18.8. The highest BCUT2D eigenvalue weighted by atomic mass is 15.1. The normalized spacial score (nSPS) is 26.2. The summed E-state index contributed by atoms with van der Waals surface area (Å²) in [6.07, 6.45) is 13.6. The van der Waals surface area contributed by atoms with Crippen LogP contribution in [-0.4, -0.2) is 33.0 Å². The number of aryl methyl sites for hydroxylation is 1. The lowest BCUT2D eigenvalue weighted by molar-refractivity contribution is 0.610. The van der Waals surface area contributed by atoms with E-state index in [9.17, 15) is 0 Å². The molecule has 0 bridgehead atoms. The maximum absolute atomic E-state index is 5.06. The van der Waals surface area contributed by atoms with E-state index in [0.717, 1.165) is 49.7 Å². The van der Waals surface area contributed by atoms with Gasteiger partial charge in [-0.2, -0.15) is 0 Å². The van der Waals surface area contributed by atoms with Gasteiger partial charge in [-0.05, 0) is 73.9 Å². The highest BCUT2D eigenvalue weighted by Crippen LogP contribution is 2.46. The minimum Gasteiger partial charge on any atom is -0.344 e. The van der Waals surface area contributed by atoms with Crippen LogP contribution in [0.3, 0.4) is 0 Å². The van der Waals surface area contributed by atoms with E-state index in [1.54, 1.807) is 0 Å². The van der Waals surface area contributed by atoms with Gasteiger partial charge in [-0.15, -0.1) is 0 Å². The lowest BCUT2D eigenvalue weighted by atomic mass is 9.81. The van der Waals surface area contributed by atoms with E-state index in [4.69, 9.17) is 4.98 Å². The first-order chi connectivity index (χ1) is 16.3. The number of hydrogen-bond donors (Lipinski definition) is 4. The fourth-order valence-corrected chi connectivity index (χ4v) is 6.07. The third-order valence-corrected chi connectivity index (χ3v) is 7.85. The van der Waals surface area contributed by atoms with Gasteiger partial charge in [0, 0.05) is 11.6 Å². The summed E-state index contributed by atoms with van der Waals surface area (Å²) in [5.41, 5.74) is 8.92. The van der Waals surface area contributed by atoms with Crippen molar-refractivity contribution in [2.45, 2.75) is 50.6 Å². The van der Waals surface area contributed by atoms with Crippen molar-refractivity contribution in [3.05, 3.63) is 71.2 Å². The van der Waals surface area contributed by atoms with E-state index < -0.39 is 0 Å². The topological polar surface area (TPSA) is 81.4 Å². The number of aromatic amines is 2. The molecule has 2 aliphatic carbocycles. The van der Waals surface area contributed by atoms with Gasteiger partial charge in [0.2, 0.25) is 0 Å². The maximum Gasteiger partial charge on any atom is 0.124 e. The summed E-state index contributed by atoms with van der Waals surface area (Å²) in [4.78, 5) is 16.9. The van der Waals surface area contributed by atoms with Crippen molar-refractivity contribution in [3.63, 3.8) is 0 Å². The van der Waals surface area contributed by atoms with Crippen LogP contribution in [0.2, 0.25) is 0 Å². The number of allylic oxidation sites excluding steroid dienone is 4. The minimum absolute atomic E-state index is 0.370. The quantitative estimate of drug-likeness (QED) is 0.476. The molecule has 3 atom stereocenters. The number of rotatable bonds is 4. The van der Waals surface area contributed by atoms with Gasteiger partial charge in [-0.25, -0.2) is 9.97 Å². The Morgan fingerprint density at radius 1 is 0.758 bits per heavy atom. The van der Waals surface area contributed by atoms with E-state index in [2.05, 4.69) is 62.0 Å². The van der Waals surface area contributed by atoms with Crippen molar-refractivity contribution in [1.29, 1.82) is 0 Å². The molecule has 6 heteroatoms. The standard InChI is InChI=1S/C27H30N6/c1-3-22(28-13-1)26-30-15-24(32-26)17-7-5-16(6-8-17)18-9-10-20-19(18)11-12-21-25(20)33-27(31-21)23-4-2-14-29-23/h5-10,15,19,22-23,28-29H,1-4,11-14H2,(H,30,32)(H,31,33)/t19?,22-,23-/m0/s1. The molecule has 1 unspecified atom stereocenters. The van der Waals surface area contributed by atoms with Gasteiger partial charge in [-0.1, -0.05) is 36.4 Å². The Morgan fingerprint density at radius 2 is 1.48 bits per heavy atom. The third-order valence-electron chi connectivity index (χ3n) is 7.85. The Morgan fingerprint density at radius 3 is 2.24 bits per heavy atom. The lowest BCUT2D eigenvalue weighted by Gasteiger charge is -2.23. The Hall–Kier alpha value is -2.96. The second-order valence-electron chi connectivity index (χ2n) is 9.84. The summed E-state index contributed by atoms with van der Waals surface area (Å²) in [5, 5.41) is 7.09. The molecule has 4 heterocycles. The van der Waals surface area contributed by atoms with E-state index in [-0.39, 0.29) is 0 Å². The summed E-state index contributed by atoms with van der Waals surface area (Å²) in [6, 6.07) is 9.73. The van der Waals surface area contributed by atoms with Crippen LogP contribution in [-0.2, 0) is 6.42 Å². The van der Waals surface area contributed by atoms with Crippen molar-refractivity contribution in [2.75, 3.05) is 13.1 Å². The van der Waals surface area contributed by atoms with Gasteiger partial charge < -0.3 is 20.6 Å². The summed E-state index contributed by atoms with van der Waals surface area (Å²) in [6.45, 7) is 2.18. The van der Waals surface area contributed by atoms with Gasteiger partial charge >= 0.3 is 0 Å². The molecular formula is C27H30N6. The first kappa shape index (κ1) is 19.5. The van der Waals surface area contributed by atoms with Gasteiger partial charge in [0.15, 0.2) is 0 Å². The number of nitrogens with one attached hydrogen (secondary N) is 4. The molecule has 0 amide bonds. The molecule has 0 spiro atoms. The van der Waals surface area contributed by atoms with Crippen LogP contribution in [0.4, 0.5) is 0 Å². The average Bonchev–Trinajstić information content (AvgIpc) is 3.68. The molecule has 0 radical (unpaired) electrons. The SMILES string of the molecule is C1=C(c2ccc(-c3cnc([C@@H]4CCCN4)[nH]3)cc2)C2CCc3[nH]c([C@@H]4CCCN4)nc3C2=C1. The average molecular weight is 439 g/mol. The molecule has 2 fully saturated rings. The lowest BCUT2D eigenvalue weighted by Crippen LogP contribution is -2.14. The van der Waals surface area contributed by atoms with Crippen molar-refractivity contribution in [1.82, 2.24) is 30.6 Å². The molecule has 1 aromatic carbocycles. The molecule has 7 rings (SSSR count). The molecule has 4 N–H and O–H groups in total. The zero-order chi connectivity index (χ0) is 21.8. The van der Waals surface area contributed by atoms with E-state index in [1.165, 1.54) is 52.9 Å². The largest absolute Gasteiger partial charge is 0.344 e. The van der Waals surface area contributed by atoms with Crippen LogP contribution >= 0.6 is 0 Å². The molecule has 2 saturated heterocycles. The summed E-state index contributed by atoms with van der Waals surface area (Å²) in [7, 11) is 0. The molecule has 0 saturated carbocycles. The highest BCUT2D eigenvalue weighted by molar-refractivity contribution is 5.90. The molecule has 2 aromatic heterocycles. The van der Waals surface area contributed by atoms with Gasteiger partial charge in [0.1, 0.15) is 11.6 Å². The Labute approximate surface area is 194 Å². The van der Waals surface area contributed by atoms with Gasteiger partial charge in [0.25, 0.3) is 0 Å². The maximum atomic E-state index is 5.06. The first-order valence-corrected chi connectivity index (χ1v) is 12.5. The first-order valence-electron chi connectivity index (χ1n) is 12.5. The van der Waals surface area contributed by atoms with Crippen LogP contribution < -0.4 is 10.6 Å². The molecule has 33 heavy (non-hydrogen) atoms. The smallest absolute Gasteiger partial charge is 0.124 e. The zero-order valence-electron chi connectivity index (χ0n) is 18.8. The Kier molecular flexibility index (Phi) is 4.62. The molecule has 4 aliphatic rings. The molecule has 168 valence electrons. The van der Waals surface area contributed by atoms with Crippen molar-refractivity contribution in [3.8, 4) is 11.3 Å². The molecule has 3 aromatic rings. The fourth-order valence-electron chi connectivity index (χ4n) is 6.07.